The van der Waals surface area contributed by atoms with Gasteiger partial charge in [0.2, 0.25) is 5.91 Å². The summed E-state index contributed by atoms with van der Waals surface area (Å²) < 4.78 is 1.74. The molecule has 0 bridgehead atoms. The van der Waals surface area contributed by atoms with Gasteiger partial charge < -0.3 is 9.36 Å². The van der Waals surface area contributed by atoms with Gasteiger partial charge in [-0.25, -0.2) is 4.98 Å². The van der Waals surface area contributed by atoms with Crippen molar-refractivity contribution in [1.29, 1.82) is 0 Å². The lowest BCUT2D eigenvalue weighted by Crippen LogP contribution is -2.46. The zero-order valence-electron chi connectivity index (χ0n) is 13.7. The number of amides is 2. The van der Waals surface area contributed by atoms with Crippen LogP contribution in [0.15, 0.2) is 19.0 Å². The van der Waals surface area contributed by atoms with Gasteiger partial charge in [-0.15, -0.1) is 6.58 Å². The Morgan fingerprint density at radius 3 is 2.74 bits per heavy atom. The van der Waals surface area contributed by atoms with Crippen molar-refractivity contribution in [2.45, 2.75) is 52.0 Å². The summed E-state index contributed by atoms with van der Waals surface area (Å²) >= 11 is 0. The van der Waals surface area contributed by atoms with Crippen molar-refractivity contribution >= 4 is 17.6 Å². The Kier molecular flexibility index (Phi) is 5.47. The van der Waals surface area contributed by atoms with Gasteiger partial charge in [-0.05, 0) is 26.2 Å². The maximum Gasteiger partial charge on any atom is 0.279 e. The van der Waals surface area contributed by atoms with Crippen LogP contribution < -0.4 is 0 Å². The number of Topliss-reactive ketones (excluding diaryl/α,β-unsaturated/α-hetero) is 1. The molecule has 0 radical (unpaired) electrons. The minimum absolute atomic E-state index is 0.124. The molecule has 0 spiro atoms. The summed E-state index contributed by atoms with van der Waals surface area (Å²) in [6.45, 7) is 7.98. The second-order valence-corrected chi connectivity index (χ2v) is 5.83. The summed E-state index contributed by atoms with van der Waals surface area (Å²) in [7, 11) is 0. The van der Waals surface area contributed by atoms with E-state index in [1.54, 1.807) is 23.9 Å². The molecule has 2 heterocycles. The van der Waals surface area contributed by atoms with Crippen LogP contribution in [0.5, 0.6) is 0 Å². The zero-order valence-corrected chi connectivity index (χ0v) is 13.7. The van der Waals surface area contributed by atoms with Gasteiger partial charge in [0.1, 0.15) is 11.5 Å². The van der Waals surface area contributed by atoms with Crippen molar-refractivity contribution in [3.63, 3.8) is 0 Å². The fraction of sp³-hybridized carbons (Fsp3) is 0.529. The van der Waals surface area contributed by atoms with Crippen molar-refractivity contribution in [3.8, 4) is 0 Å². The normalized spacial score (nSPS) is 17.3. The number of fused-ring (bicyclic) bond motifs is 1. The average molecular weight is 317 g/mol. The van der Waals surface area contributed by atoms with E-state index in [1.165, 1.54) is 4.90 Å². The number of carbonyl (C=O) groups excluding carboxylic acids is 3. The van der Waals surface area contributed by atoms with Crippen molar-refractivity contribution < 1.29 is 14.4 Å². The molecule has 6 heteroatoms. The van der Waals surface area contributed by atoms with E-state index in [-0.39, 0.29) is 23.5 Å². The molecule has 1 unspecified atom stereocenters. The van der Waals surface area contributed by atoms with E-state index in [0.717, 1.165) is 0 Å². The second kappa shape index (κ2) is 7.35. The van der Waals surface area contributed by atoms with Gasteiger partial charge in [-0.3, -0.25) is 14.5 Å². The number of allylic oxidation sites excluding steroid dienone is 1. The molecule has 0 aromatic carbocycles. The van der Waals surface area contributed by atoms with Gasteiger partial charge in [0.25, 0.3) is 5.91 Å². The first-order chi connectivity index (χ1) is 11.0. The second-order valence-electron chi connectivity index (χ2n) is 5.83. The van der Waals surface area contributed by atoms with Gasteiger partial charge >= 0.3 is 0 Å². The fourth-order valence-electron chi connectivity index (χ4n) is 2.92. The van der Waals surface area contributed by atoms with Crippen LogP contribution in [0.2, 0.25) is 0 Å². The maximum atomic E-state index is 12.7. The fourth-order valence-corrected chi connectivity index (χ4v) is 2.92. The molecule has 0 saturated heterocycles. The molecule has 1 atom stereocenters. The Balaban J connectivity index is 2.22. The minimum Gasteiger partial charge on any atom is -0.322 e. The summed E-state index contributed by atoms with van der Waals surface area (Å²) in [6.07, 6.45) is 5.70. The SMILES string of the molecule is C=CCn1cnc2c1C(=O)N(CCCCC(C)=O)C(=O)C2CC. The zero-order chi connectivity index (χ0) is 17.0. The molecule has 23 heavy (non-hydrogen) atoms. The number of carbonyl (C=O) groups is 3. The topological polar surface area (TPSA) is 72.3 Å². The quantitative estimate of drug-likeness (QED) is 0.419. The summed E-state index contributed by atoms with van der Waals surface area (Å²) in [6, 6.07) is 0. The van der Waals surface area contributed by atoms with Crippen LogP contribution in [0, 0.1) is 0 Å². The Morgan fingerprint density at radius 2 is 2.13 bits per heavy atom. The standard InChI is InChI=1S/C17H23N3O3/c1-4-9-19-11-18-14-13(5-2)16(22)20(17(23)15(14)19)10-7-6-8-12(3)21/h4,11,13H,1,5-10H2,2-3H3. The van der Waals surface area contributed by atoms with E-state index >= 15 is 0 Å². The van der Waals surface area contributed by atoms with Crippen LogP contribution in [0.3, 0.4) is 0 Å². The number of hydrogen-bond donors (Lipinski definition) is 0. The number of ketones is 1. The number of unbranched alkanes of at least 4 members (excludes halogenated alkanes) is 1. The highest BCUT2D eigenvalue weighted by Gasteiger charge is 2.40. The summed E-state index contributed by atoms with van der Waals surface area (Å²) in [5.41, 5.74) is 1.06. The van der Waals surface area contributed by atoms with Crippen LogP contribution in [-0.2, 0) is 16.1 Å². The molecule has 2 amide bonds. The van der Waals surface area contributed by atoms with Crippen LogP contribution in [0.25, 0.3) is 0 Å². The highest BCUT2D eigenvalue weighted by atomic mass is 16.2. The molecule has 2 rings (SSSR count). The lowest BCUT2D eigenvalue weighted by atomic mass is 9.94. The number of imidazole rings is 1. The van der Waals surface area contributed by atoms with Crippen molar-refractivity contribution in [3.05, 3.63) is 30.4 Å². The number of hydrogen-bond acceptors (Lipinski definition) is 4. The van der Waals surface area contributed by atoms with Crippen molar-refractivity contribution in [1.82, 2.24) is 14.5 Å². The Morgan fingerprint density at radius 1 is 1.39 bits per heavy atom. The molecule has 6 nitrogen and oxygen atoms in total. The minimum atomic E-state index is -0.374. The van der Waals surface area contributed by atoms with Crippen LogP contribution in [0.4, 0.5) is 0 Å². The highest BCUT2D eigenvalue weighted by molar-refractivity contribution is 6.10. The molecule has 0 fully saturated rings. The van der Waals surface area contributed by atoms with Crippen molar-refractivity contribution in [2.75, 3.05) is 6.54 Å². The molecule has 0 saturated carbocycles. The number of rotatable bonds is 8. The van der Waals surface area contributed by atoms with E-state index in [1.807, 2.05) is 6.92 Å². The Labute approximate surface area is 136 Å². The van der Waals surface area contributed by atoms with Crippen LogP contribution in [-0.4, -0.2) is 38.6 Å². The average Bonchev–Trinajstić information content (AvgIpc) is 2.91. The number of aromatic nitrogens is 2. The van der Waals surface area contributed by atoms with E-state index in [2.05, 4.69) is 11.6 Å². The van der Waals surface area contributed by atoms with E-state index in [4.69, 9.17) is 0 Å². The van der Waals surface area contributed by atoms with E-state index in [9.17, 15) is 14.4 Å². The van der Waals surface area contributed by atoms with E-state index in [0.29, 0.717) is 50.2 Å². The molecular formula is C17H23N3O3. The summed E-state index contributed by atoms with van der Waals surface area (Å²) in [5, 5.41) is 0. The van der Waals surface area contributed by atoms with Gasteiger partial charge in [0, 0.05) is 19.5 Å². The third kappa shape index (κ3) is 3.41. The van der Waals surface area contributed by atoms with Gasteiger partial charge in [0.15, 0.2) is 0 Å². The first kappa shape index (κ1) is 17.1. The molecular weight excluding hydrogens is 294 g/mol. The predicted octanol–water partition coefficient (Wildman–Crippen LogP) is 2.30. The smallest absolute Gasteiger partial charge is 0.279 e. The van der Waals surface area contributed by atoms with Gasteiger partial charge in [-0.1, -0.05) is 13.0 Å². The van der Waals surface area contributed by atoms with Crippen LogP contribution in [0.1, 0.15) is 61.6 Å². The third-order valence-electron chi connectivity index (χ3n) is 4.10. The van der Waals surface area contributed by atoms with E-state index < -0.39 is 0 Å². The van der Waals surface area contributed by atoms with Crippen LogP contribution >= 0.6 is 0 Å². The monoisotopic (exact) mass is 317 g/mol. The van der Waals surface area contributed by atoms with Gasteiger partial charge in [0.05, 0.1) is 17.9 Å². The molecule has 1 aromatic heterocycles. The first-order valence-corrected chi connectivity index (χ1v) is 8.02. The number of imide groups is 1. The molecule has 1 aromatic rings. The Bertz CT molecular complexity index is 633. The third-order valence-corrected chi connectivity index (χ3v) is 4.10. The first-order valence-electron chi connectivity index (χ1n) is 8.02. The molecule has 1 aliphatic heterocycles. The lowest BCUT2D eigenvalue weighted by Gasteiger charge is -2.30. The molecule has 0 N–H and O–H groups in total. The molecule has 124 valence electrons. The van der Waals surface area contributed by atoms with Gasteiger partial charge in [-0.2, -0.15) is 0 Å². The lowest BCUT2D eigenvalue weighted by molar-refractivity contribution is -0.131. The Hall–Kier alpha value is -2.24. The summed E-state index contributed by atoms with van der Waals surface area (Å²) in [5.74, 6) is -0.728. The highest BCUT2D eigenvalue weighted by Crippen LogP contribution is 2.31. The number of nitrogens with zero attached hydrogens (tertiary/aromatic N) is 3. The summed E-state index contributed by atoms with van der Waals surface area (Å²) in [4.78, 5) is 41.9. The predicted molar refractivity (Wildman–Crippen MR) is 86.0 cm³/mol. The van der Waals surface area contributed by atoms with Crippen molar-refractivity contribution in [2.24, 2.45) is 0 Å². The largest absolute Gasteiger partial charge is 0.322 e. The maximum absolute atomic E-state index is 12.7. The molecule has 1 aliphatic rings. The molecule has 0 aliphatic carbocycles.